The number of nitrogens with zero attached hydrogens (tertiary/aromatic N) is 2. The first kappa shape index (κ1) is 11.0. The van der Waals surface area contributed by atoms with E-state index in [9.17, 15) is 0 Å². The van der Waals surface area contributed by atoms with Gasteiger partial charge in [-0.3, -0.25) is 0 Å². The maximum Gasteiger partial charge on any atom is 0.137 e. The quantitative estimate of drug-likeness (QED) is 0.899. The molecule has 1 saturated heterocycles. The summed E-state index contributed by atoms with van der Waals surface area (Å²) in [5.74, 6) is 1.16. The zero-order chi connectivity index (χ0) is 11.7. The van der Waals surface area contributed by atoms with Gasteiger partial charge in [-0.25, -0.2) is 4.98 Å². The van der Waals surface area contributed by atoms with Gasteiger partial charge in [0.25, 0.3) is 0 Å². The number of fused-ring (bicyclic) bond motifs is 1. The maximum atomic E-state index is 4.61. The highest BCUT2D eigenvalue weighted by Gasteiger charge is 2.26. The Morgan fingerprint density at radius 2 is 2.35 bits per heavy atom. The first-order chi connectivity index (χ1) is 8.40. The molecular formula is C13H17N3S. The number of pyridine rings is 1. The summed E-state index contributed by atoms with van der Waals surface area (Å²) in [6.45, 7) is 5.49. The standard InChI is InChI=1S/C13H17N3S/c1-2-6-16(10-8-14-9-10)13-11-4-7-17-12(11)3-5-15-13/h3-5,7,10,14H,2,6,8-9H2,1H3. The minimum atomic E-state index is 0.618. The number of thiophene rings is 1. The van der Waals surface area contributed by atoms with Crippen molar-refractivity contribution in [2.24, 2.45) is 0 Å². The number of anilines is 1. The summed E-state index contributed by atoms with van der Waals surface area (Å²) in [6.07, 6.45) is 3.10. The lowest BCUT2D eigenvalue weighted by Crippen LogP contribution is -2.57. The Morgan fingerprint density at radius 3 is 3.06 bits per heavy atom. The predicted molar refractivity (Wildman–Crippen MR) is 73.9 cm³/mol. The molecular weight excluding hydrogens is 230 g/mol. The molecule has 2 aromatic heterocycles. The molecule has 2 aromatic rings. The summed E-state index contributed by atoms with van der Waals surface area (Å²) in [4.78, 5) is 7.07. The lowest BCUT2D eigenvalue weighted by atomic mass is 10.1. The van der Waals surface area contributed by atoms with E-state index in [1.165, 1.54) is 16.5 Å². The van der Waals surface area contributed by atoms with E-state index in [2.05, 4.69) is 39.6 Å². The van der Waals surface area contributed by atoms with Crippen LogP contribution in [-0.2, 0) is 0 Å². The molecule has 0 aliphatic carbocycles. The number of nitrogens with one attached hydrogen (secondary N) is 1. The van der Waals surface area contributed by atoms with Crippen molar-refractivity contribution in [3.8, 4) is 0 Å². The van der Waals surface area contributed by atoms with Crippen molar-refractivity contribution in [2.45, 2.75) is 19.4 Å². The molecule has 1 fully saturated rings. The molecule has 0 saturated carbocycles. The van der Waals surface area contributed by atoms with Crippen LogP contribution in [0.15, 0.2) is 23.7 Å². The van der Waals surface area contributed by atoms with E-state index in [4.69, 9.17) is 0 Å². The van der Waals surface area contributed by atoms with E-state index in [1.807, 2.05) is 6.20 Å². The van der Waals surface area contributed by atoms with E-state index in [1.54, 1.807) is 11.3 Å². The van der Waals surface area contributed by atoms with Crippen molar-refractivity contribution >= 4 is 27.2 Å². The minimum Gasteiger partial charge on any atom is -0.351 e. The zero-order valence-corrected chi connectivity index (χ0v) is 10.8. The molecule has 17 heavy (non-hydrogen) atoms. The van der Waals surface area contributed by atoms with Gasteiger partial charge in [0.15, 0.2) is 0 Å². The van der Waals surface area contributed by atoms with Crippen molar-refractivity contribution in [3.63, 3.8) is 0 Å². The highest BCUT2D eigenvalue weighted by atomic mass is 32.1. The van der Waals surface area contributed by atoms with Crippen LogP contribution >= 0.6 is 11.3 Å². The molecule has 0 atom stereocenters. The molecule has 3 nitrogen and oxygen atoms in total. The van der Waals surface area contributed by atoms with Gasteiger partial charge in [0, 0.05) is 35.9 Å². The summed E-state index contributed by atoms with van der Waals surface area (Å²) in [6, 6.07) is 4.91. The second-order valence-electron chi connectivity index (χ2n) is 4.47. The SMILES string of the molecule is CCCN(c1nccc2sccc12)C1CNC1. The maximum absolute atomic E-state index is 4.61. The van der Waals surface area contributed by atoms with Gasteiger partial charge >= 0.3 is 0 Å². The van der Waals surface area contributed by atoms with Gasteiger partial charge in [-0.2, -0.15) is 0 Å². The van der Waals surface area contributed by atoms with E-state index in [0.29, 0.717) is 6.04 Å². The molecule has 1 N–H and O–H groups in total. The van der Waals surface area contributed by atoms with Crippen LogP contribution in [0.25, 0.3) is 10.1 Å². The van der Waals surface area contributed by atoms with E-state index in [-0.39, 0.29) is 0 Å². The van der Waals surface area contributed by atoms with Gasteiger partial charge in [0.1, 0.15) is 5.82 Å². The second kappa shape index (κ2) is 4.63. The van der Waals surface area contributed by atoms with Crippen LogP contribution in [0.1, 0.15) is 13.3 Å². The molecule has 0 bridgehead atoms. The van der Waals surface area contributed by atoms with E-state index in [0.717, 1.165) is 25.5 Å². The highest BCUT2D eigenvalue weighted by Crippen LogP contribution is 2.30. The molecule has 0 radical (unpaired) electrons. The summed E-state index contributed by atoms with van der Waals surface area (Å²) in [5, 5.41) is 6.80. The van der Waals surface area contributed by atoms with Gasteiger partial charge in [-0.05, 0) is 23.9 Å². The number of hydrogen-bond acceptors (Lipinski definition) is 4. The summed E-state index contributed by atoms with van der Waals surface area (Å²) >= 11 is 1.79. The topological polar surface area (TPSA) is 28.2 Å². The third kappa shape index (κ3) is 1.91. The first-order valence-corrected chi connectivity index (χ1v) is 7.07. The lowest BCUT2D eigenvalue weighted by molar-refractivity contribution is 0.411. The largest absolute Gasteiger partial charge is 0.351 e. The summed E-state index contributed by atoms with van der Waals surface area (Å²) in [5.41, 5.74) is 0. The van der Waals surface area contributed by atoms with Gasteiger partial charge in [-0.15, -0.1) is 11.3 Å². The van der Waals surface area contributed by atoms with Gasteiger partial charge < -0.3 is 10.2 Å². The molecule has 4 heteroatoms. The third-order valence-corrected chi connectivity index (χ3v) is 4.18. The molecule has 90 valence electrons. The molecule has 0 aromatic carbocycles. The van der Waals surface area contributed by atoms with Crippen LogP contribution in [0.4, 0.5) is 5.82 Å². The first-order valence-electron chi connectivity index (χ1n) is 6.19. The van der Waals surface area contributed by atoms with Crippen molar-refractivity contribution in [3.05, 3.63) is 23.7 Å². The minimum absolute atomic E-state index is 0.618. The molecule has 0 spiro atoms. The van der Waals surface area contributed by atoms with Crippen molar-refractivity contribution in [2.75, 3.05) is 24.5 Å². The Morgan fingerprint density at radius 1 is 1.47 bits per heavy atom. The fourth-order valence-corrected chi connectivity index (χ4v) is 3.08. The number of hydrogen-bond donors (Lipinski definition) is 1. The molecule has 0 unspecified atom stereocenters. The monoisotopic (exact) mass is 247 g/mol. The van der Waals surface area contributed by atoms with Crippen LogP contribution in [-0.4, -0.2) is 30.7 Å². The van der Waals surface area contributed by atoms with Gasteiger partial charge in [-0.1, -0.05) is 6.92 Å². The highest BCUT2D eigenvalue weighted by molar-refractivity contribution is 7.17. The Balaban J connectivity index is 2.01. The van der Waals surface area contributed by atoms with Crippen LogP contribution in [0, 0.1) is 0 Å². The summed E-state index contributed by atoms with van der Waals surface area (Å²) < 4.78 is 1.34. The summed E-state index contributed by atoms with van der Waals surface area (Å²) in [7, 11) is 0. The predicted octanol–water partition coefficient (Wildman–Crippen LogP) is 2.48. The molecule has 3 heterocycles. The molecule has 0 amide bonds. The van der Waals surface area contributed by atoms with Crippen LogP contribution in [0.5, 0.6) is 0 Å². The van der Waals surface area contributed by atoms with E-state index < -0.39 is 0 Å². The Labute approximate surface area is 105 Å². The number of rotatable bonds is 4. The van der Waals surface area contributed by atoms with Crippen LogP contribution in [0.2, 0.25) is 0 Å². The second-order valence-corrected chi connectivity index (χ2v) is 5.42. The van der Waals surface area contributed by atoms with Crippen molar-refractivity contribution < 1.29 is 0 Å². The van der Waals surface area contributed by atoms with E-state index >= 15 is 0 Å². The van der Waals surface area contributed by atoms with Gasteiger partial charge in [0.2, 0.25) is 0 Å². The van der Waals surface area contributed by atoms with Crippen molar-refractivity contribution in [1.29, 1.82) is 0 Å². The average molecular weight is 247 g/mol. The smallest absolute Gasteiger partial charge is 0.137 e. The average Bonchev–Trinajstić information content (AvgIpc) is 2.73. The molecule has 3 rings (SSSR count). The normalized spacial score (nSPS) is 16.1. The van der Waals surface area contributed by atoms with Crippen LogP contribution in [0.3, 0.4) is 0 Å². The fraction of sp³-hybridized carbons (Fsp3) is 0.462. The number of aromatic nitrogens is 1. The lowest BCUT2D eigenvalue weighted by Gasteiger charge is -2.39. The Kier molecular flexibility index (Phi) is 2.99. The van der Waals surface area contributed by atoms with Gasteiger partial charge in [0.05, 0.1) is 6.04 Å². The van der Waals surface area contributed by atoms with Crippen LogP contribution < -0.4 is 10.2 Å². The third-order valence-electron chi connectivity index (χ3n) is 3.30. The molecule has 1 aliphatic heterocycles. The molecule has 1 aliphatic rings. The fourth-order valence-electron chi connectivity index (χ4n) is 2.30. The zero-order valence-electron chi connectivity index (χ0n) is 10.0. The Hall–Kier alpha value is -1.13. The van der Waals surface area contributed by atoms with Crippen molar-refractivity contribution in [1.82, 2.24) is 10.3 Å². The Bertz CT molecular complexity index is 504.